The molecule has 3 fully saturated rings. The van der Waals surface area contributed by atoms with Crippen LogP contribution in [0.5, 0.6) is 17.2 Å². The minimum absolute atomic E-state index is 0.0221. The number of fused-ring (bicyclic) bond motifs is 3. The summed E-state index contributed by atoms with van der Waals surface area (Å²) in [4.78, 5) is 58.4. The molecule has 4 aliphatic heterocycles. The number of esters is 3. The maximum Gasteiger partial charge on any atom is 0.344 e. The van der Waals surface area contributed by atoms with Gasteiger partial charge in [0.2, 0.25) is 0 Å². The first-order valence-electron chi connectivity index (χ1n) is 13.2. The van der Waals surface area contributed by atoms with Gasteiger partial charge in [-0.1, -0.05) is 0 Å². The Hall–Kier alpha value is -3.09. The average Bonchev–Trinajstić information content (AvgIpc) is 3.72. The minimum Gasteiger partial charge on any atom is -0.426 e. The highest BCUT2D eigenvalue weighted by atomic mass is 19.1. The lowest BCUT2D eigenvalue weighted by Gasteiger charge is -2.35. The fourth-order valence-electron chi connectivity index (χ4n) is 5.63. The van der Waals surface area contributed by atoms with Crippen molar-refractivity contribution in [3.8, 4) is 17.2 Å². The van der Waals surface area contributed by atoms with Gasteiger partial charge in [-0.05, 0) is 31.7 Å². The van der Waals surface area contributed by atoms with Gasteiger partial charge in [0, 0.05) is 51.9 Å². The predicted octanol–water partition coefficient (Wildman–Crippen LogP) is 0.795. The SMILES string of the molecule is O=C1CC2(O)CC(=O)Oc3c(C(=O)N4CCN(C5CC5)CC4)cc(c(CN4CCC(F)CC4)c3OC2=O)O1. The van der Waals surface area contributed by atoms with E-state index in [2.05, 4.69) is 4.90 Å². The van der Waals surface area contributed by atoms with Gasteiger partial charge in [-0.15, -0.1) is 0 Å². The quantitative estimate of drug-likeness (QED) is 0.440. The molecule has 1 unspecified atom stereocenters. The van der Waals surface area contributed by atoms with Crippen LogP contribution in [0.1, 0.15) is 54.4 Å². The number of piperidine rings is 1. The number of rotatable bonds is 4. The molecule has 1 aliphatic carbocycles. The highest BCUT2D eigenvalue weighted by Gasteiger charge is 2.48. The largest absolute Gasteiger partial charge is 0.426 e. The lowest BCUT2D eigenvalue weighted by molar-refractivity contribution is -0.168. The van der Waals surface area contributed by atoms with Crippen LogP contribution in [0, 0.1) is 0 Å². The zero-order valence-corrected chi connectivity index (χ0v) is 20.9. The molecule has 1 atom stereocenters. The number of amides is 1. The molecule has 11 nitrogen and oxygen atoms in total. The molecule has 0 radical (unpaired) electrons. The van der Waals surface area contributed by atoms with Gasteiger partial charge in [-0.3, -0.25) is 24.2 Å². The topological polar surface area (TPSA) is 126 Å². The predicted molar refractivity (Wildman–Crippen MR) is 127 cm³/mol. The molecule has 12 heteroatoms. The maximum absolute atomic E-state index is 13.8. The van der Waals surface area contributed by atoms with E-state index in [9.17, 15) is 28.7 Å². The zero-order chi connectivity index (χ0) is 26.6. The first kappa shape index (κ1) is 25.2. The van der Waals surface area contributed by atoms with Crippen molar-refractivity contribution in [3.63, 3.8) is 0 Å². The molecule has 1 aromatic rings. The van der Waals surface area contributed by atoms with Gasteiger partial charge in [0.15, 0.2) is 17.1 Å². The first-order valence-corrected chi connectivity index (χ1v) is 13.2. The molecule has 6 rings (SSSR count). The monoisotopic (exact) mass is 531 g/mol. The van der Waals surface area contributed by atoms with Gasteiger partial charge in [0.1, 0.15) is 11.9 Å². The Labute approximate surface area is 218 Å². The van der Waals surface area contributed by atoms with E-state index in [1.165, 1.54) is 6.07 Å². The van der Waals surface area contributed by atoms with Crippen LogP contribution in [0.3, 0.4) is 0 Å². The minimum atomic E-state index is -2.48. The number of hydrogen-bond acceptors (Lipinski definition) is 10. The van der Waals surface area contributed by atoms with Gasteiger partial charge < -0.3 is 24.2 Å². The molecule has 0 aromatic heterocycles. The summed E-state index contributed by atoms with van der Waals surface area (Å²) in [6.45, 7) is 3.27. The van der Waals surface area contributed by atoms with E-state index in [1.807, 2.05) is 4.90 Å². The Morgan fingerprint density at radius 3 is 2.24 bits per heavy atom. The molecular formula is C26H30FN3O8. The molecule has 4 heterocycles. The van der Waals surface area contributed by atoms with Crippen molar-refractivity contribution in [3.05, 3.63) is 17.2 Å². The molecule has 0 spiro atoms. The van der Waals surface area contributed by atoms with Crippen LogP contribution in [-0.4, -0.2) is 101 Å². The summed E-state index contributed by atoms with van der Waals surface area (Å²) in [7, 11) is 0. The van der Waals surface area contributed by atoms with E-state index >= 15 is 0 Å². The summed E-state index contributed by atoms with van der Waals surface area (Å²) in [6.07, 6.45) is 0.370. The van der Waals surface area contributed by atoms with Crippen molar-refractivity contribution in [2.45, 2.75) is 62.9 Å². The van der Waals surface area contributed by atoms with Crippen LogP contribution < -0.4 is 14.2 Å². The highest BCUT2D eigenvalue weighted by Crippen LogP contribution is 2.46. The zero-order valence-electron chi connectivity index (χ0n) is 20.9. The number of nitrogens with zero attached hydrogens (tertiary/aromatic N) is 3. The smallest absolute Gasteiger partial charge is 0.344 e. The third kappa shape index (κ3) is 4.76. The van der Waals surface area contributed by atoms with E-state index in [-0.39, 0.29) is 34.9 Å². The number of hydrogen-bond donors (Lipinski definition) is 1. The van der Waals surface area contributed by atoms with Crippen molar-refractivity contribution in [1.82, 2.24) is 14.7 Å². The van der Waals surface area contributed by atoms with Crippen molar-refractivity contribution in [2.75, 3.05) is 39.3 Å². The Morgan fingerprint density at radius 1 is 0.921 bits per heavy atom. The lowest BCUT2D eigenvalue weighted by Crippen LogP contribution is -2.49. The third-order valence-corrected chi connectivity index (χ3v) is 7.98. The first-order chi connectivity index (χ1) is 18.2. The van der Waals surface area contributed by atoms with Crippen molar-refractivity contribution in [1.29, 1.82) is 0 Å². The molecule has 3 bridgehead atoms. The summed E-state index contributed by atoms with van der Waals surface area (Å²) >= 11 is 0. The number of aliphatic hydroxyl groups is 1. The number of alkyl halides is 1. The van der Waals surface area contributed by atoms with Crippen molar-refractivity contribution in [2.24, 2.45) is 0 Å². The summed E-state index contributed by atoms with van der Waals surface area (Å²) in [6, 6.07) is 1.92. The number of carbonyl (C=O) groups excluding carboxylic acids is 4. The fraction of sp³-hybridized carbons (Fsp3) is 0.615. The van der Waals surface area contributed by atoms with Crippen LogP contribution in [0.2, 0.25) is 0 Å². The number of likely N-dealkylation sites (tertiary alicyclic amines) is 1. The normalized spacial score (nSPS) is 27.1. The highest BCUT2D eigenvalue weighted by molar-refractivity contribution is 6.02. The van der Waals surface area contributed by atoms with E-state index < -0.39 is 48.4 Å². The number of carbonyl (C=O) groups is 4. The van der Waals surface area contributed by atoms with Gasteiger partial charge in [-0.2, -0.15) is 0 Å². The van der Waals surface area contributed by atoms with E-state index in [0.29, 0.717) is 58.2 Å². The standard InChI is InChI=1S/C26H30FN3O8/c27-15-3-5-28(6-4-15)14-18-19-11-17(24(33)30-9-7-29(8-10-30)16-1-2-16)22-23(18)38-25(34)26(35,12-20(31)36-19)13-21(32)37-22/h11,15-16,35H,1-10,12-14H2. The van der Waals surface area contributed by atoms with Crippen molar-refractivity contribution < 1.29 is 42.9 Å². The molecule has 1 amide bonds. The summed E-state index contributed by atoms with van der Waals surface area (Å²) in [5.41, 5.74) is -2.33. The van der Waals surface area contributed by atoms with Crippen molar-refractivity contribution >= 4 is 23.8 Å². The molecule has 38 heavy (non-hydrogen) atoms. The molecule has 1 aromatic carbocycles. The molecule has 1 saturated carbocycles. The number of benzene rings is 1. The van der Waals surface area contributed by atoms with E-state index in [1.54, 1.807) is 4.90 Å². The van der Waals surface area contributed by atoms with Gasteiger partial charge in [0.25, 0.3) is 5.91 Å². The van der Waals surface area contributed by atoms with Crippen LogP contribution in [0.15, 0.2) is 6.07 Å². The second-order valence-electron chi connectivity index (χ2n) is 10.8. The number of halogens is 1. The Balaban J connectivity index is 1.42. The molecule has 1 N–H and O–H groups in total. The molecule has 204 valence electrons. The Bertz CT molecular complexity index is 1190. The number of ether oxygens (including phenoxy) is 3. The van der Waals surface area contributed by atoms with E-state index in [0.717, 1.165) is 12.8 Å². The van der Waals surface area contributed by atoms with Crippen LogP contribution in [0.25, 0.3) is 0 Å². The van der Waals surface area contributed by atoms with Gasteiger partial charge in [-0.25, -0.2) is 9.18 Å². The lowest BCUT2D eigenvalue weighted by atomic mass is 9.95. The Morgan fingerprint density at radius 2 is 1.58 bits per heavy atom. The summed E-state index contributed by atoms with van der Waals surface area (Å²) < 4.78 is 30.5. The van der Waals surface area contributed by atoms with E-state index in [4.69, 9.17) is 14.2 Å². The van der Waals surface area contributed by atoms with Crippen LogP contribution >= 0.6 is 0 Å². The van der Waals surface area contributed by atoms with Gasteiger partial charge in [0.05, 0.1) is 24.0 Å². The molecule has 5 aliphatic rings. The third-order valence-electron chi connectivity index (χ3n) is 7.98. The van der Waals surface area contributed by atoms with Crippen LogP contribution in [-0.2, 0) is 20.9 Å². The number of piperazine rings is 1. The summed E-state index contributed by atoms with van der Waals surface area (Å²) in [5.74, 6) is -4.09. The maximum atomic E-state index is 13.8. The second-order valence-corrected chi connectivity index (χ2v) is 10.8. The summed E-state index contributed by atoms with van der Waals surface area (Å²) in [5, 5.41) is 10.9. The second kappa shape index (κ2) is 9.58. The molecule has 2 saturated heterocycles. The fourth-order valence-corrected chi connectivity index (χ4v) is 5.63. The molecular weight excluding hydrogens is 501 g/mol. The van der Waals surface area contributed by atoms with Crippen LogP contribution in [0.4, 0.5) is 4.39 Å². The van der Waals surface area contributed by atoms with Gasteiger partial charge >= 0.3 is 17.9 Å². The Kier molecular flexibility index (Phi) is 6.36. The average molecular weight is 532 g/mol.